The minimum atomic E-state index is -0.940. The number of anilines is 1. The Morgan fingerprint density at radius 3 is 2.26 bits per heavy atom. The summed E-state index contributed by atoms with van der Waals surface area (Å²) in [6.07, 6.45) is 1.68. The number of nitrogens with zero attached hydrogens (tertiary/aromatic N) is 3. The molecular weight excluding hydrogens is 473 g/mol. The van der Waals surface area contributed by atoms with Crippen LogP contribution in [0.5, 0.6) is 0 Å². The highest BCUT2D eigenvalue weighted by atomic mass is 35.5. The number of amides is 2. The highest BCUT2D eigenvalue weighted by Crippen LogP contribution is 2.53. The monoisotopic (exact) mass is 489 g/mol. The van der Waals surface area contributed by atoms with E-state index < -0.39 is 29.8 Å². The molecule has 3 aliphatic rings. The van der Waals surface area contributed by atoms with Gasteiger partial charge in [-0.25, -0.2) is 4.90 Å². The molecule has 0 bridgehead atoms. The van der Waals surface area contributed by atoms with E-state index in [1.54, 1.807) is 59.8 Å². The van der Waals surface area contributed by atoms with Gasteiger partial charge in [0.25, 0.3) is 0 Å². The van der Waals surface area contributed by atoms with E-state index in [1.165, 1.54) is 0 Å². The lowest BCUT2D eigenvalue weighted by molar-refractivity contribution is -0.124. The van der Waals surface area contributed by atoms with Crippen molar-refractivity contribution in [3.05, 3.63) is 99.5 Å². The minimum Gasteiger partial charge on any atom is -0.292 e. The first-order valence-corrected chi connectivity index (χ1v) is 11.6. The highest BCUT2D eigenvalue weighted by molar-refractivity contribution is 6.36. The summed E-state index contributed by atoms with van der Waals surface area (Å²) >= 11 is 12.4. The first-order chi connectivity index (χ1) is 16.5. The quantitative estimate of drug-likeness (QED) is 0.393. The second kappa shape index (κ2) is 7.79. The molecular formula is C26H17Cl2N3O3. The Labute approximate surface area is 205 Å². The molecule has 0 radical (unpaired) electrons. The van der Waals surface area contributed by atoms with Gasteiger partial charge in [-0.15, -0.1) is 0 Å². The van der Waals surface area contributed by atoms with Crippen molar-refractivity contribution in [1.82, 2.24) is 5.01 Å². The average Bonchev–Trinajstić information content (AvgIpc) is 3.32. The molecule has 8 heteroatoms. The van der Waals surface area contributed by atoms with Gasteiger partial charge in [0.1, 0.15) is 6.04 Å². The number of carbonyl (C=O) groups excluding carboxylic acids is 3. The predicted molar refractivity (Wildman–Crippen MR) is 129 cm³/mol. The fourth-order valence-corrected chi connectivity index (χ4v) is 5.67. The summed E-state index contributed by atoms with van der Waals surface area (Å²) in [6.45, 7) is 0. The van der Waals surface area contributed by atoms with Crippen LogP contribution in [0.15, 0.2) is 77.9 Å². The maximum atomic E-state index is 13.8. The zero-order valence-corrected chi connectivity index (χ0v) is 19.1. The summed E-state index contributed by atoms with van der Waals surface area (Å²) in [6, 6.07) is 19.4. The summed E-state index contributed by atoms with van der Waals surface area (Å²) in [5.74, 6) is -2.79. The number of halogens is 2. The van der Waals surface area contributed by atoms with Crippen LogP contribution >= 0.6 is 23.2 Å². The standard InChI is InChI=1S/C26H17Cl2N3O3/c27-16-11-9-14(10-12-16)24(32)23-21-20(22-17-6-2-1-5-15(17)13-29-31(22)23)25(33)30(26(21)34)19-8-4-3-7-18(19)28/h1-13,20-23H/t20-,21-,22-,23+/m1/s1. The fourth-order valence-electron chi connectivity index (χ4n) is 5.32. The molecule has 6 nitrogen and oxygen atoms in total. The number of hydrogen-bond acceptors (Lipinski definition) is 5. The van der Waals surface area contributed by atoms with Gasteiger partial charge in [0.2, 0.25) is 11.8 Å². The van der Waals surface area contributed by atoms with Crippen molar-refractivity contribution in [2.45, 2.75) is 12.1 Å². The van der Waals surface area contributed by atoms with Crippen molar-refractivity contribution in [3.63, 3.8) is 0 Å². The second-order valence-electron chi connectivity index (χ2n) is 8.53. The van der Waals surface area contributed by atoms with Crippen LogP contribution < -0.4 is 4.90 Å². The van der Waals surface area contributed by atoms with E-state index in [1.807, 2.05) is 24.3 Å². The molecule has 0 spiro atoms. The van der Waals surface area contributed by atoms with Gasteiger partial charge in [0.05, 0.1) is 34.8 Å². The lowest BCUT2D eigenvalue weighted by Gasteiger charge is -2.33. The number of hydrazone groups is 1. The minimum absolute atomic E-state index is 0.284. The molecule has 2 amide bonds. The lowest BCUT2D eigenvalue weighted by Crippen LogP contribution is -2.44. The molecule has 0 aliphatic carbocycles. The third-order valence-electron chi connectivity index (χ3n) is 6.78. The highest BCUT2D eigenvalue weighted by Gasteiger charge is 2.65. The van der Waals surface area contributed by atoms with E-state index in [4.69, 9.17) is 23.2 Å². The topological polar surface area (TPSA) is 70.0 Å². The van der Waals surface area contributed by atoms with Gasteiger partial charge in [-0.1, -0.05) is 59.6 Å². The Morgan fingerprint density at radius 1 is 0.824 bits per heavy atom. The molecule has 3 aromatic rings. The van der Waals surface area contributed by atoms with E-state index in [0.29, 0.717) is 21.3 Å². The third-order valence-corrected chi connectivity index (χ3v) is 7.36. The Morgan fingerprint density at radius 2 is 1.50 bits per heavy atom. The van der Waals surface area contributed by atoms with Crippen LogP contribution in [-0.2, 0) is 9.59 Å². The number of hydrogen-bond donors (Lipinski definition) is 0. The van der Waals surface area contributed by atoms with E-state index >= 15 is 0 Å². The van der Waals surface area contributed by atoms with Gasteiger partial charge in [-0.2, -0.15) is 5.10 Å². The Balaban J connectivity index is 1.51. The Hall–Kier alpha value is -3.48. The third kappa shape index (κ3) is 2.95. The SMILES string of the molecule is O=C(c1ccc(Cl)cc1)[C@@H]1[C@@H]2C(=O)N(c3ccccc3Cl)C(=O)[C@H]2[C@H]2c3ccccc3C=NN12. The number of para-hydroxylation sites is 1. The van der Waals surface area contributed by atoms with Crippen LogP contribution in [0.1, 0.15) is 27.5 Å². The lowest BCUT2D eigenvalue weighted by atomic mass is 9.83. The predicted octanol–water partition coefficient (Wildman–Crippen LogP) is 4.75. The van der Waals surface area contributed by atoms with Gasteiger partial charge in [0, 0.05) is 10.6 Å². The van der Waals surface area contributed by atoms with Gasteiger partial charge < -0.3 is 0 Å². The summed E-state index contributed by atoms with van der Waals surface area (Å²) in [7, 11) is 0. The summed E-state index contributed by atoms with van der Waals surface area (Å²) in [5.41, 5.74) is 2.45. The average molecular weight is 490 g/mol. The normalized spacial score (nSPS) is 24.8. The van der Waals surface area contributed by atoms with Crippen LogP contribution in [0.4, 0.5) is 5.69 Å². The van der Waals surface area contributed by atoms with Gasteiger partial charge in [0.15, 0.2) is 5.78 Å². The zero-order valence-electron chi connectivity index (χ0n) is 17.6. The number of carbonyl (C=O) groups is 3. The second-order valence-corrected chi connectivity index (χ2v) is 9.37. The van der Waals surface area contributed by atoms with Crippen LogP contribution in [0, 0.1) is 11.8 Å². The van der Waals surface area contributed by atoms with Gasteiger partial charge in [-0.3, -0.25) is 19.4 Å². The fraction of sp³-hybridized carbons (Fsp3) is 0.154. The van der Waals surface area contributed by atoms with E-state index in [0.717, 1.165) is 16.0 Å². The van der Waals surface area contributed by atoms with E-state index in [9.17, 15) is 14.4 Å². The molecule has 34 heavy (non-hydrogen) atoms. The van der Waals surface area contributed by atoms with Crippen molar-refractivity contribution < 1.29 is 14.4 Å². The molecule has 6 rings (SSSR count). The number of rotatable bonds is 3. The molecule has 3 heterocycles. The van der Waals surface area contributed by atoms with E-state index in [2.05, 4.69) is 5.10 Å². The summed E-state index contributed by atoms with van der Waals surface area (Å²) < 4.78 is 0. The summed E-state index contributed by atoms with van der Waals surface area (Å²) in [5, 5.41) is 6.99. The largest absolute Gasteiger partial charge is 0.292 e. The smallest absolute Gasteiger partial charge is 0.240 e. The molecule has 0 aromatic heterocycles. The first kappa shape index (κ1) is 21.1. The number of ketones is 1. The molecule has 168 valence electrons. The van der Waals surface area contributed by atoms with Crippen LogP contribution in [-0.4, -0.2) is 34.9 Å². The maximum absolute atomic E-state index is 13.8. The molecule has 2 fully saturated rings. The zero-order chi connectivity index (χ0) is 23.6. The van der Waals surface area contributed by atoms with Gasteiger partial charge in [-0.05, 0) is 47.5 Å². The van der Waals surface area contributed by atoms with Crippen molar-refractivity contribution >= 4 is 52.7 Å². The molecule has 3 aliphatic heterocycles. The van der Waals surface area contributed by atoms with Crippen LogP contribution in [0.25, 0.3) is 0 Å². The van der Waals surface area contributed by atoms with Crippen LogP contribution in [0.3, 0.4) is 0 Å². The molecule has 4 atom stereocenters. The van der Waals surface area contributed by atoms with E-state index in [-0.39, 0.29) is 11.7 Å². The molecule has 0 unspecified atom stereocenters. The van der Waals surface area contributed by atoms with Crippen molar-refractivity contribution in [1.29, 1.82) is 0 Å². The Bertz CT molecular complexity index is 1390. The Kier molecular flexibility index (Phi) is 4.83. The van der Waals surface area contributed by atoms with Crippen molar-refractivity contribution in [3.8, 4) is 0 Å². The maximum Gasteiger partial charge on any atom is 0.240 e. The molecule has 3 aromatic carbocycles. The van der Waals surface area contributed by atoms with Crippen LogP contribution in [0.2, 0.25) is 10.0 Å². The molecule has 2 saturated heterocycles. The number of benzene rings is 3. The summed E-state index contributed by atoms with van der Waals surface area (Å²) in [4.78, 5) is 42.5. The molecule has 0 saturated carbocycles. The van der Waals surface area contributed by atoms with Gasteiger partial charge >= 0.3 is 0 Å². The number of Topliss-reactive ketones (excluding diaryl/α,β-unsaturated/α-hetero) is 1. The number of imide groups is 1. The van der Waals surface area contributed by atoms with Crippen molar-refractivity contribution in [2.75, 3.05) is 4.90 Å². The number of fused-ring (bicyclic) bond motifs is 5. The molecule has 0 N–H and O–H groups in total. The van der Waals surface area contributed by atoms with Crippen molar-refractivity contribution in [2.24, 2.45) is 16.9 Å². The first-order valence-electron chi connectivity index (χ1n) is 10.8.